The molecular formula is C22H32N2O5. The average molecular weight is 405 g/mol. The Morgan fingerprint density at radius 1 is 1.14 bits per heavy atom. The molecule has 7 heteroatoms. The zero-order valence-corrected chi connectivity index (χ0v) is 17.8. The first-order valence-electron chi connectivity index (χ1n) is 10.3. The number of nitrogens with one attached hydrogen (secondary N) is 1. The molecule has 29 heavy (non-hydrogen) atoms. The molecule has 0 unspecified atom stereocenters. The van der Waals surface area contributed by atoms with Crippen LogP contribution in [0.4, 0.5) is 0 Å². The van der Waals surface area contributed by atoms with Gasteiger partial charge in [0.1, 0.15) is 11.8 Å². The van der Waals surface area contributed by atoms with E-state index in [1.807, 2.05) is 20.8 Å². The first kappa shape index (κ1) is 22.7. The van der Waals surface area contributed by atoms with Crippen molar-refractivity contribution < 1.29 is 23.9 Å². The third-order valence-corrected chi connectivity index (χ3v) is 5.11. The molecule has 160 valence electrons. The van der Waals surface area contributed by atoms with Gasteiger partial charge in [-0.1, -0.05) is 20.8 Å². The second-order valence-corrected chi connectivity index (χ2v) is 7.82. The molecule has 1 N–H and O–H groups in total. The van der Waals surface area contributed by atoms with Crippen LogP contribution in [0.2, 0.25) is 0 Å². The van der Waals surface area contributed by atoms with Crippen LogP contribution < -0.4 is 10.1 Å². The largest absolute Gasteiger partial charge is 0.494 e. The van der Waals surface area contributed by atoms with Crippen molar-refractivity contribution in [2.75, 3.05) is 26.3 Å². The summed E-state index contributed by atoms with van der Waals surface area (Å²) in [4.78, 5) is 39.0. The Morgan fingerprint density at radius 2 is 1.76 bits per heavy atom. The van der Waals surface area contributed by atoms with Crippen molar-refractivity contribution in [3.63, 3.8) is 0 Å². The summed E-state index contributed by atoms with van der Waals surface area (Å²) in [6.07, 6.45) is 1.93. The van der Waals surface area contributed by atoms with Gasteiger partial charge in [-0.2, -0.15) is 0 Å². The Labute approximate surface area is 172 Å². The van der Waals surface area contributed by atoms with Crippen LogP contribution >= 0.6 is 0 Å². The summed E-state index contributed by atoms with van der Waals surface area (Å²) in [6, 6.07) is 5.87. The number of ether oxygens (including phenoxy) is 2. The molecule has 0 saturated carbocycles. The first-order chi connectivity index (χ1) is 13.8. The number of piperidine rings is 1. The maximum atomic E-state index is 12.5. The SMILES string of the molecule is CCOc1ccc(C(=O)N[C@H](C(=O)OCC(=O)N2CCC(C)CC2)C(C)C)cc1. The molecule has 2 rings (SSSR count). The van der Waals surface area contributed by atoms with Crippen LogP contribution in [0, 0.1) is 11.8 Å². The summed E-state index contributed by atoms with van der Waals surface area (Å²) in [6.45, 7) is 9.32. The summed E-state index contributed by atoms with van der Waals surface area (Å²) >= 11 is 0. The summed E-state index contributed by atoms with van der Waals surface area (Å²) in [5.41, 5.74) is 0.422. The lowest BCUT2D eigenvalue weighted by molar-refractivity contribution is -0.155. The van der Waals surface area contributed by atoms with E-state index in [-0.39, 0.29) is 24.3 Å². The molecule has 1 aromatic carbocycles. The van der Waals surface area contributed by atoms with Gasteiger partial charge in [0, 0.05) is 18.7 Å². The number of esters is 1. The molecule has 1 fully saturated rings. The Bertz CT molecular complexity index is 694. The molecular weight excluding hydrogens is 372 g/mol. The van der Waals surface area contributed by atoms with Crippen LogP contribution in [0.1, 0.15) is 50.9 Å². The molecule has 7 nitrogen and oxygen atoms in total. The average Bonchev–Trinajstić information content (AvgIpc) is 2.71. The molecule has 0 radical (unpaired) electrons. The van der Waals surface area contributed by atoms with E-state index in [1.54, 1.807) is 29.2 Å². The second-order valence-electron chi connectivity index (χ2n) is 7.82. The molecule has 1 atom stereocenters. The topological polar surface area (TPSA) is 84.9 Å². The van der Waals surface area contributed by atoms with Gasteiger partial charge >= 0.3 is 5.97 Å². The van der Waals surface area contributed by atoms with E-state index >= 15 is 0 Å². The van der Waals surface area contributed by atoms with Gasteiger partial charge < -0.3 is 19.7 Å². The molecule has 1 aliphatic rings. The second kappa shape index (κ2) is 10.8. The summed E-state index contributed by atoms with van der Waals surface area (Å²) < 4.78 is 10.6. The fraction of sp³-hybridized carbons (Fsp3) is 0.591. The lowest BCUT2D eigenvalue weighted by atomic mass is 9.99. The highest BCUT2D eigenvalue weighted by Crippen LogP contribution is 2.16. The Kier molecular flexibility index (Phi) is 8.49. The first-order valence-corrected chi connectivity index (χ1v) is 10.3. The summed E-state index contributed by atoms with van der Waals surface area (Å²) in [7, 11) is 0. The lowest BCUT2D eigenvalue weighted by Crippen LogP contribution is -2.47. The van der Waals surface area contributed by atoms with Crippen molar-refractivity contribution in [3.05, 3.63) is 29.8 Å². The Morgan fingerprint density at radius 3 is 2.31 bits per heavy atom. The molecule has 2 amide bonds. The van der Waals surface area contributed by atoms with Crippen molar-refractivity contribution >= 4 is 17.8 Å². The van der Waals surface area contributed by atoms with Gasteiger partial charge in [-0.15, -0.1) is 0 Å². The lowest BCUT2D eigenvalue weighted by Gasteiger charge is -2.30. The normalized spacial score (nSPS) is 15.7. The van der Waals surface area contributed by atoms with Gasteiger partial charge in [0.05, 0.1) is 6.61 Å². The quantitative estimate of drug-likeness (QED) is 0.674. The van der Waals surface area contributed by atoms with E-state index in [0.29, 0.717) is 36.9 Å². The number of hydrogen-bond acceptors (Lipinski definition) is 5. The highest BCUT2D eigenvalue weighted by atomic mass is 16.5. The number of carbonyl (C=O) groups is 3. The van der Waals surface area contributed by atoms with Crippen molar-refractivity contribution in [1.29, 1.82) is 0 Å². The monoisotopic (exact) mass is 404 g/mol. The van der Waals surface area contributed by atoms with Crippen molar-refractivity contribution in [2.45, 2.75) is 46.6 Å². The number of benzene rings is 1. The number of likely N-dealkylation sites (tertiary alicyclic amines) is 1. The number of rotatable bonds is 8. The zero-order chi connectivity index (χ0) is 21.4. The minimum atomic E-state index is -0.830. The Hall–Kier alpha value is -2.57. The van der Waals surface area contributed by atoms with Crippen LogP contribution in [0.15, 0.2) is 24.3 Å². The van der Waals surface area contributed by atoms with Gasteiger partial charge in [-0.05, 0) is 55.9 Å². The third kappa shape index (κ3) is 6.76. The van der Waals surface area contributed by atoms with E-state index in [9.17, 15) is 14.4 Å². The van der Waals surface area contributed by atoms with Gasteiger partial charge in [-0.3, -0.25) is 9.59 Å². The maximum Gasteiger partial charge on any atom is 0.329 e. The van der Waals surface area contributed by atoms with E-state index in [1.165, 1.54) is 0 Å². The zero-order valence-electron chi connectivity index (χ0n) is 17.8. The van der Waals surface area contributed by atoms with Crippen molar-refractivity contribution in [3.8, 4) is 5.75 Å². The minimum absolute atomic E-state index is 0.180. The predicted molar refractivity (Wildman–Crippen MR) is 110 cm³/mol. The maximum absolute atomic E-state index is 12.5. The molecule has 1 aromatic rings. The molecule has 0 spiro atoms. The van der Waals surface area contributed by atoms with Gasteiger partial charge in [-0.25, -0.2) is 4.79 Å². The van der Waals surface area contributed by atoms with E-state index in [0.717, 1.165) is 12.8 Å². The van der Waals surface area contributed by atoms with Gasteiger partial charge in [0.25, 0.3) is 11.8 Å². The number of carbonyl (C=O) groups excluding carboxylic acids is 3. The van der Waals surface area contributed by atoms with Gasteiger partial charge in [0.15, 0.2) is 6.61 Å². The number of hydrogen-bond donors (Lipinski definition) is 1. The van der Waals surface area contributed by atoms with Crippen LogP contribution in [0.3, 0.4) is 0 Å². The van der Waals surface area contributed by atoms with Gasteiger partial charge in [0.2, 0.25) is 0 Å². The van der Waals surface area contributed by atoms with E-state index in [2.05, 4.69) is 12.2 Å². The molecule has 0 aromatic heterocycles. The standard InChI is InChI=1S/C22H32N2O5/c1-5-28-18-8-6-17(7-9-18)21(26)23-20(15(2)3)22(27)29-14-19(25)24-12-10-16(4)11-13-24/h6-9,15-16,20H,5,10-14H2,1-4H3,(H,23,26)/t20-/m0/s1. The fourth-order valence-electron chi connectivity index (χ4n) is 3.16. The van der Waals surface area contributed by atoms with Crippen LogP contribution in [-0.2, 0) is 14.3 Å². The molecule has 1 saturated heterocycles. The highest BCUT2D eigenvalue weighted by Gasteiger charge is 2.28. The Balaban J connectivity index is 1.89. The van der Waals surface area contributed by atoms with Crippen molar-refractivity contribution in [2.24, 2.45) is 11.8 Å². The van der Waals surface area contributed by atoms with Crippen molar-refractivity contribution in [1.82, 2.24) is 10.2 Å². The minimum Gasteiger partial charge on any atom is -0.494 e. The number of amides is 2. The highest BCUT2D eigenvalue weighted by molar-refractivity contribution is 5.97. The molecule has 0 bridgehead atoms. The van der Waals surface area contributed by atoms with Crippen LogP contribution in [-0.4, -0.2) is 55.0 Å². The van der Waals surface area contributed by atoms with E-state index in [4.69, 9.17) is 9.47 Å². The fourth-order valence-corrected chi connectivity index (χ4v) is 3.16. The van der Waals surface area contributed by atoms with Crippen LogP contribution in [0.25, 0.3) is 0 Å². The summed E-state index contributed by atoms with van der Waals surface area (Å²) in [5.74, 6) is -0.0528. The molecule has 0 aliphatic carbocycles. The molecule has 1 aliphatic heterocycles. The number of nitrogens with zero attached hydrogens (tertiary/aromatic N) is 1. The third-order valence-electron chi connectivity index (χ3n) is 5.11. The molecule has 1 heterocycles. The smallest absolute Gasteiger partial charge is 0.329 e. The summed E-state index contributed by atoms with van der Waals surface area (Å²) in [5, 5.41) is 2.71. The van der Waals surface area contributed by atoms with Crippen LogP contribution in [0.5, 0.6) is 5.75 Å². The predicted octanol–water partition coefficient (Wildman–Crippen LogP) is 2.64. The van der Waals surface area contributed by atoms with E-state index < -0.39 is 12.0 Å².